The fourth-order valence-electron chi connectivity index (χ4n) is 2.35. The first-order valence-electron chi connectivity index (χ1n) is 6.76. The molecule has 1 atom stereocenters. The summed E-state index contributed by atoms with van der Waals surface area (Å²) >= 11 is 0. The van der Waals surface area contributed by atoms with E-state index >= 15 is 0 Å². The van der Waals surface area contributed by atoms with Crippen molar-refractivity contribution < 1.29 is 4.79 Å². The monoisotopic (exact) mass is 241 g/mol. The highest BCUT2D eigenvalue weighted by Crippen LogP contribution is 2.18. The van der Waals surface area contributed by atoms with Crippen LogP contribution in [0.1, 0.15) is 40.0 Å². The second-order valence-electron chi connectivity index (χ2n) is 5.53. The molecule has 1 aliphatic heterocycles. The summed E-state index contributed by atoms with van der Waals surface area (Å²) in [5, 5.41) is 2.93. The maximum absolute atomic E-state index is 11.7. The van der Waals surface area contributed by atoms with Gasteiger partial charge in [-0.1, -0.05) is 6.92 Å². The molecule has 100 valence electrons. The molecule has 1 amide bonds. The van der Waals surface area contributed by atoms with E-state index in [2.05, 4.69) is 17.1 Å². The van der Waals surface area contributed by atoms with Crippen LogP contribution in [0.25, 0.3) is 0 Å². The number of hydrogen-bond donors (Lipinski definition) is 2. The van der Waals surface area contributed by atoms with Gasteiger partial charge in [0, 0.05) is 25.0 Å². The zero-order chi connectivity index (χ0) is 12.8. The van der Waals surface area contributed by atoms with Gasteiger partial charge in [0.15, 0.2) is 0 Å². The molecule has 1 aliphatic rings. The number of nitrogens with one attached hydrogen (secondary N) is 1. The van der Waals surface area contributed by atoms with E-state index < -0.39 is 0 Å². The fourth-order valence-corrected chi connectivity index (χ4v) is 2.35. The van der Waals surface area contributed by atoms with E-state index in [1.165, 1.54) is 12.8 Å². The molecule has 17 heavy (non-hydrogen) atoms. The first-order valence-corrected chi connectivity index (χ1v) is 6.76. The van der Waals surface area contributed by atoms with Crippen LogP contribution in [0, 0.1) is 5.92 Å². The van der Waals surface area contributed by atoms with Crippen LogP contribution in [0.3, 0.4) is 0 Å². The van der Waals surface area contributed by atoms with Crippen LogP contribution < -0.4 is 11.1 Å². The summed E-state index contributed by atoms with van der Waals surface area (Å²) in [6, 6.07) is 0.420. The van der Waals surface area contributed by atoms with Crippen molar-refractivity contribution >= 4 is 5.91 Å². The first kappa shape index (κ1) is 14.5. The van der Waals surface area contributed by atoms with Crippen LogP contribution in [-0.2, 0) is 4.79 Å². The van der Waals surface area contributed by atoms with Gasteiger partial charge in [-0.15, -0.1) is 0 Å². The highest BCUT2D eigenvalue weighted by atomic mass is 16.1. The summed E-state index contributed by atoms with van der Waals surface area (Å²) in [5.41, 5.74) is 5.80. The number of piperidine rings is 1. The van der Waals surface area contributed by atoms with Crippen LogP contribution in [-0.4, -0.2) is 42.5 Å². The number of likely N-dealkylation sites (tertiary alicyclic amines) is 1. The number of hydrogen-bond acceptors (Lipinski definition) is 3. The second-order valence-corrected chi connectivity index (χ2v) is 5.53. The third kappa shape index (κ3) is 5.04. The molecule has 3 N–H and O–H groups in total. The Bertz CT molecular complexity index is 235. The highest BCUT2D eigenvalue weighted by Gasteiger charge is 2.24. The molecule has 0 spiro atoms. The van der Waals surface area contributed by atoms with Crippen molar-refractivity contribution in [2.75, 3.05) is 19.6 Å². The van der Waals surface area contributed by atoms with E-state index in [1.54, 1.807) is 0 Å². The lowest BCUT2D eigenvalue weighted by atomic mass is 9.97. The van der Waals surface area contributed by atoms with Crippen molar-refractivity contribution in [2.24, 2.45) is 11.7 Å². The van der Waals surface area contributed by atoms with Crippen molar-refractivity contribution in [1.29, 1.82) is 0 Å². The number of carbonyl (C=O) groups excluding carboxylic acids is 1. The molecule has 1 saturated heterocycles. The van der Waals surface area contributed by atoms with Gasteiger partial charge in [-0.3, -0.25) is 9.69 Å². The third-order valence-corrected chi connectivity index (χ3v) is 3.48. The van der Waals surface area contributed by atoms with Gasteiger partial charge in [-0.2, -0.15) is 0 Å². The Morgan fingerprint density at radius 1 is 1.41 bits per heavy atom. The van der Waals surface area contributed by atoms with Gasteiger partial charge in [-0.05, 0) is 45.7 Å². The molecule has 0 radical (unpaired) electrons. The minimum atomic E-state index is 0.120. The average Bonchev–Trinajstić information content (AvgIpc) is 2.26. The predicted octanol–water partition coefficient (Wildman–Crippen LogP) is 0.960. The molecule has 0 bridgehead atoms. The molecule has 4 nitrogen and oxygen atoms in total. The number of rotatable bonds is 5. The molecule has 0 saturated carbocycles. The SMILES string of the molecule is CC1CCN(C(CN)CC(=O)NC(C)C)CC1. The zero-order valence-corrected chi connectivity index (χ0v) is 11.4. The minimum absolute atomic E-state index is 0.120. The predicted molar refractivity (Wildman–Crippen MR) is 70.7 cm³/mol. The molecule has 4 heteroatoms. The molecular weight excluding hydrogens is 214 g/mol. The summed E-state index contributed by atoms with van der Waals surface area (Å²) in [5.74, 6) is 0.934. The third-order valence-electron chi connectivity index (χ3n) is 3.48. The summed E-state index contributed by atoms with van der Waals surface area (Å²) < 4.78 is 0. The largest absolute Gasteiger partial charge is 0.354 e. The van der Waals surface area contributed by atoms with Gasteiger partial charge < -0.3 is 11.1 Å². The average molecular weight is 241 g/mol. The molecule has 0 aromatic rings. The minimum Gasteiger partial charge on any atom is -0.354 e. The van der Waals surface area contributed by atoms with E-state index in [4.69, 9.17) is 5.73 Å². The summed E-state index contributed by atoms with van der Waals surface area (Å²) in [6.45, 7) is 8.99. The lowest BCUT2D eigenvalue weighted by Gasteiger charge is -2.36. The van der Waals surface area contributed by atoms with Gasteiger partial charge in [0.2, 0.25) is 5.91 Å². The van der Waals surface area contributed by atoms with Crippen molar-refractivity contribution in [2.45, 2.75) is 52.1 Å². The molecule has 1 unspecified atom stereocenters. The van der Waals surface area contributed by atoms with Crippen LogP contribution in [0.4, 0.5) is 0 Å². The normalized spacial score (nSPS) is 20.5. The molecule has 1 rings (SSSR count). The van der Waals surface area contributed by atoms with Gasteiger partial charge in [-0.25, -0.2) is 0 Å². The molecule has 1 fully saturated rings. The van der Waals surface area contributed by atoms with Crippen molar-refractivity contribution in [3.8, 4) is 0 Å². The zero-order valence-electron chi connectivity index (χ0n) is 11.4. The number of carbonyl (C=O) groups is 1. The topological polar surface area (TPSA) is 58.4 Å². The summed E-state index contributed by atoms with van der Waals surface area (Å²) in [7, 11) is 0. The fraction of sp³-hybridized carbons (Fsp3) is 0.923. The number of nitrogens with zero attached hydrogens (tertiary/aromatic N) is 1. The highest BCUT2D eigenvalue weighted by molar-refractivity contribution is 5.76. The Hall–Kier alpha value is -0.610. The van der Waals surface area contributed by atoms with Crippen molar-refractivity contribution in [3.63, 3.8) is 0 Å². The Morgan fingerprint density at radius 2 is 2.00 bits per heavy atom. The maximum Gasteiger partial charge on any atom is 0.221 e. The standard InChI is InChI=1S/C13H27N3O/c1-10(2)15-13(17)8-12(9-14)16-6-4-11(3)5-7-16/h10-12H,4-9,14H2,1-3H3,(H,15,17). The van der Waals surface area contributed by atoms with Gasteiger partial charge >= 0.3 is 0 Å². The quantitative estimate of drug-likeness (QED) is 0.754. The van der Waals surface area contributed by atoms with E-state index in [9.17, 15) is 4.79 Å². The number of amides is 1. The van der Waals surface area contributed by atoms with E-state index in [-0.39, 0.29) is 18.0 Å². The summed E-state index contributed by atoms with van der Waals surface area (Å²) in [6.07, 6.45) is 2.98. The lowest BCUT2D eigenvalue weighted by Crippen LogP contribution is -2.47. The van der Waals surface area contributed by atoms with Crippen LogP contribution in [0.5, 0.6) is 0 Å². The smallest absolute Gasteiger partial charge is 0.221 e. The van der Waals surface area contributed by atoms with E-state index in [1.807, 2.05) is 13.8 Å². The van der Waals surface area contributed by atoms with Gasteiger partial charge in [0.1, 0.15) is 0 Å². The molecular formula is C13H27N3O. The Kier molecular flexibility index (Phi) is 5.92. The molecule has 0 aromatic carbocycles. The molecule has 0 aliphatic carbocycles. The van der Waals surface area contributed by atoms with Crippen molar-refractivity contribution in [3.05, 3.63) is 0 Å². The van der Waals surface area contributed by atoms with Crippen LogP contribution in [0.2, 0.25) is 0 Å². The Morgan fingerprint density at radius 3 is 2.47 bits per heavy atom. The second kappa shape index (κ2) is 6.97. The first-order chi connectivity index (χ1) is 8.02. The molecule has 1 heterocycles. The van der Waals surface area contributed by atoms with Crippen LogP contribution in [0.15, 0.2) is 0 Å². The Labute approximate surface area is 105 Å². The Balaban J connectivity index is 2.39. The number of nitrogens with two attached hydrogens (primary N) is 1. The lowest BCUT2D eigenvalue weighted by molar-refractivity contribution is -0.122. The van der Waals surface area contributed by atoms with Gasteiger partial charge in [0.25, 0.3) is 0 Å². The van der Waals surface area contributed by atoms with Crippen molar-refractivity contribution in [1.82, 2.24) is 10.2 Å². The van der Waals surface area contributed by atoms with Gasteiger partial charge in [0.05, 0.1) is 0 Å². The van der Waals surface area contributed by atoms with Crippen LogP contribution >= 0.6 is 0 Å². The summed E-state index contributed by atoms with van der Waals surface area (Å²) in [4.78, 5) is 14.1. The van der Waals surface area contributed by atoms with E-state index in [0.717, 1.165) is 19.0 Å². The maximum atomic E-state index is 11.7. The molecule has 0 aromatic heterocycles. The van der Waals surface area contributed by atoms with E-state index in [0.29, 0.717) is 13.0 Å².